The van der Waals surface area contributed by atoms with Crippen molar-refractivity contribution in [3.05, 3.63) is 10.7 Å². The molecule has 5 nitrogen and oxygen atoms in total. The Bertz CT molecular complexity index is 396. The van der Waals surface area contributed by atoms with E-state index in [1.54, 1.807) is 6.20 Å². The molecule has 0 radical (unpaired) electrons. The lowest BCUT2D eigenvalue weighted by Crippen LogP contribution is -2.53. The zero-order valence-electron chi connectivity index (χ0n) is 9.40. The fourth-order valence-electron chi connectivity index (χ4n) is 1.81. The topological polar surface area (TPSA) is 64.3 Å². The first kappa shape index (κ1) is 11.6. The summed E-state index contributed by atoms with van der Waals surface area (Å²) in [6.07, 6.45) is 1.68. The van der Waals surface area contributed by atoms with Crippen molar-refractivity contribution in [2.24, 2.45) is 0 Å². The van der Waals surface area contributed by atoms with Crippen LogP contribution in [-0.2, 0) is 4.74 Å². The number of rotatable bonds is 1. The number of nitrogen functional groups attached to an aromatic ring is 1. The number of ether oxygens (including phenoxy) is 1. The molecule has 1 aliphatic rings. The van der Waals surface area contributed by atoms with Crippen molar-refractivity contribution in [1.82, 2.24) is 9.97 Å². The molecule has 2 N–H and O–H groups in total. The zero-order chi connectivity index (χ0) is 11.8. The molecule has 2 rings (SSSR count). The van der Waals surface area contributed by atoms with Crippen LogP contribution in [0.5, 0.6) is 0 Å². The number of nitrogens with zero attached hydrogens (tertiary/aromatic N) is 3. The Morgan fingerprint density at radius 2 is 2.31 bits per heavy atom. The van der Waals surface area contributed by atoms with E-state index in [1.165, 1.54) is 0 Å². The summed E-state index contributed by atoms with van der Waals surface area (Å²) in [5.74, 6) is 1.13. The van der Waals surface area contributed by atoms with E-state index in [4.69, 9.17) is 10.5 Å². The van der Waals surface area contributed by atoms with Gasteiger partial charge in [-0.25, -0.2) is 4.98 Å². The van der Waals surface area contributed by atoms with Gasteiger partial charge in [-0.15, -0.1) is 0 Å². The van der Waals surface area contributed by atoms with Crippen molar-refractivity contribution in [2.75, 3.05) is 30.4 Å². The lowest BCUT2D eigenvalue weighted by Gasteiger charge is -2.43. The highest BCUT2D eigenvalue weighted by atomic mass is 79.9. The molecule has 0 spiro atoms. The van der Waals surface area contributed by atoms with Gasteiger partial charge in [-0.2, -0.15) is 4.98 Å². The molecule has 1 aromatic heterocycles. The lowest BCUT2D eigenvalue weighted by molar-refractivity contribution is 0.0638. The molecule has 6 heteroatoms. The zero-order valence-corrected chi connectivity index (χ0v) is 11.0. The number of anilines is 2. The number of aromatic nitrogens is 2. The summed E-state index contributed by atoms with van der Waals surface area (Å²) in [5, 5.41) is 0. The quantitative estimate of drug-likeness (QED) is 0.846. The summed E-state index contributed by atoms with van der Waals surface area (Å²) in [6.45, 7) is 6.44. The second-order valence-electron chi connectivity index (χ2n) is 4.42. The molecule has 0 unspecified atom stereocenters. The smallest absolute Gasteiger partial charge is 0.222 e. The molecule has 0 aromatic carbocycles. The predicted octanol–water partition coefficient (Wildman–Crippen LogP) is 1.44. The van der Waals surface area contributed by atoms with Crippen LogP contribution in [0.4, 0.5) is 11.8 Å². The Morgan fingerprint density at radius 3 is 3.00 bits per heavy atom. The molecule has 2 heterocycles. The van der Waals surface area contributed by atoms with Crippen LogP contribution in [-0.4, -0.2) is 35.3 Å². The molecule has 0 bridgehead atoms. The highest BCUT2D eigenvalue weighted by molar-refractivity contribution is 9.10. The Labute approximate surface area is 103 Å². The summed E-state index contributed by atoms with van der Waals surface area (Å²) in [5.41, 5.74) is 5.54. The summed E-state index contributed by atoms with van der Waals surface area (Å²) in [7, 11) is 0. The van der Waals surface area contributed by atoms with E-state index < -0.39 is 0 Å². The minimum Gasteiger partial charge on any atom is -0.377 e. The van der Waals surface area contributed by atoms with Crippen LogP contribution in [0.15, 0.2) is 10.7 Å². The van der Waals surface area contributed by atoms with Crippen molar-refractivity contribution in [3.63, 3.8) is 0 Å². The highest BCUT2D eigenvalue weighted by Crippen LogP contribution is 2.31. The van der Waals surface area contributed by atoms with Gasteiger partial charge in [0.05, 0.1) is 23.2 Å². The van der Waals surface area contributed by atoms with Crippen LogP contribution >= 0.6 is 15.9 Å². The second-order valence-corrected chi connectivity index (χ2v) is 5.27. The summed E-state index contributed by atoms with van der Waals surface area (Å²) < 4.78 is 6.33. The van der Waals surface area contributed by atoms with Crippen molar-refractivity contribution < 1.29 is 4.74 Å². The Morgan fingerprint density at radius 1 is 1.56 bits per heavy atom. The van der Waals surface area contributed by atoms with Crippen LogP contribution in [0.25, 0.3) is 0 Å². The molecule has 88 valence electrons. The van der Waals surface area contributed by atoms with Gasteiger partial charge < -0.3 is 15.4 Å². The first-order valence-electron chi connectivity index (χ1n) is 5.14. The van der Waals surface area contributed by atoms with Crippen molar-refractivity contribution >= 4 is 27.7 Å². The van der Waals surface area contributed by atoms with Gasteiger partial charge in [-0.1, -0.05) is 0 Å². The average Bonchev–Trinajstić information content (AvgIpc) is 2.22. The van der Waals surface area contributed by atoms with Crippen LogP contribution in [0.1, 0.15) is 13.8 Å². The van der Waals surface area contributed by atoms with Gasteiger partial charge >= 0.3 is 0 Å². The lowest BCUT2D eigenvalue weighted by atomic mass is 10.0. The van der Waals surface area contributed by atoms with E-state index in [2.05, 4.69) is 44.6 Å². The standard InChI is InChI=1S/C10H15BrN4O/c1-10(2)6-16-4-3-15(10)8-7(11)5-13-9(12)14-8/h5H,3-4,6H2,1-2H3,(H2,12,13,14). The minimum atomic E-state index is -0.0818. The maximum Gasteiger partial charge on any atom is 0.222 e. The van der Waals surface area contributed by atoms with Crippen LogP contribution in [0.3, 0.4) is 0 Å². The molecule has 1 fully saturated rings. The fourth-order valence-corrected chi connectivity index (χ4v) is 2.22. The number of halogens is 1. The van der Waals surface area contributed by atoms with E-state index in [9.17, 15) is 0 Å². The SMILES string of the molecule is CC1(C)COCCN1c1nc(N)ncc1Br. The first-order chi connectivity index (χ1) is 7.50. The largest absolute Gasteiger partial charge is 0.377 e. The summed E-state index contributed by atoms with van der Waals surface area (Å²) >= 11 is 3.45. The fraction of sp³-hybridized carbons (Fsp3) is 0.600. The third-order valence-electron chi connectivity index (χ3n) is 2.65. The maximum atomic E-state index is 5.62. The number of nitrogens with two attached hydrogens (primary N) is 1. The molecule has 16 heavy (non-hydrogen) atoms. The molecule has 1 aromatic rings. The van der Waals surface area contributed by atoms with Crippen LogP contribution in [0, 0.1) is 0 Å². The Kier molecular flexibility index (Phi) is 3.03. The van der Waals surface area contributed by atoms with Gasteiger partial charge in [0, 0.05) is 12.7 Å². The molecule has 1 aliphatic heterocycles. The van der Waals surface area contributed by atoms with Gasteiger partial charge in [-0.05, 0) is 29.8 Å². The predicted molar refractivity (Wildman–Crippen MR) is 66.4 cm³/mol. The summed E-state index contributed by atoms with van der Waals surface area (Å²) in [6, 6.07) is 0. The van der Waals surface area contributed by atoms with E-state index in [0.717, 1.165) is 16.8 Å². The molecule has 1 saturated heterocycles. The van der Waals surface area contributed by atoms with Crippen LogP contribution in [0.2, 0.25) is 0 Å². The van der Waals surface area contributed by atoms with Gasteiger partial charge in [0.2, 0.25) is 5.95 Å². The normalized spacial score (nSPS) is 19.8. The van der Waals surface area contributed by atoms with Crippen molar-refractivity contribution in [1.29, 1.82) is 0 Å². The molecule has 0 atom stereocenters. The van der Waals surface area contributed by atoms with Gasteiger partial charge in [0.1, 0.15) is 5.82 Å². The number of hydrogen-bond acceptors (Lipinski definition) is 5. The van der Waals surface area contributed by atoms with Crippen molar-refractivity contribution in [2.45, 2.75) is 19.4 Å². The van der Waals surface area contributed by atoms with Crippen LogP contribution < -0.4 is 10.6 Å². The Balaban J connectivity index is 2.38. The molecule has 0 aliphatic carbocycles. The molecular formula is C10H15BrN4O. The van der Waals surface area contributed by atoms with Gasteiger partial charge in [0.15, 0.2) is 0 Å². The summed E-state index contributed by atoms with van der Waals surface area (Å²) in [4.78, 5) is 10.4. The van der Waals surface area contributed by atoms with Crippen molar-refractivity contribution in [3.8, 4) is 0 Å². The number of morpholine rings is 1. The maximum absolute atomic E-state index is 5.62. The van der Waals surface area contributed by atoms with E-state index in [1.807, 2.05) is 0 Å². The number of hydrogen-bond donors (Lipinski definition) is 1. The monoisotopic (exact) mass is 286 g/mol. The Hall–Kier alpha value is -0.880. The van der Waals surface area contributed by atoms with E-state index in [-0.39, 0.29) is 5.54 Å². The third-order valence-corrected chi connectivity index (χ3v) is 3.20. The third kappa shape index (κ3) is 2.12. The molecule has 0 amide bonds. The second kappa shape index (κ2) is 4.18. The first-order valence-corrected chi connectivity index (χ1v) is 5.93. The molecular weight excluding hydrogens is 272 g/mol. The minimum absolute atomic E-state index is 0.0818. The molecule has 0 saturated carbocycles. The van der Waals surface area contributed by atoms with E-state index in [0.29, 0.717) is 19.2 Å². The average molecular weight is 287 g/mol. The van der Waals surface area contributed by atoms with E-state index >= 15 is 0 Å². The van der Waals surface area contributed by atoms with Gasteiger partial charge in [0.25, 0.3) is 0 Å². The highest BCUT2D eigenvalue weighted by Gasteiger charge is 2.32. The van der Waals surface area contributed by atoms with Gasteiger partial charge in [-0.3, -0.25) is 0 Å².